The van der Waals surface area contributed by atoms with Crippen LogP contribution in [0.1, 0.15) is 32.8 Å². The van der Waals surface area contributed by atoms with Gasteiger partial charge < -0.3 is 24.5 Å². The highest BCUT2D eigenvalue weighted by molar-refractivity contribution is 8.02. The van der Waals surface area contributed by atoms with Crippen molar-refractivity contribution in [3.8, 4) is 5.75 Å². The van der Waals surface area contributed by atoms with Crippen LogP contribution >= 0.6 is 23.4 Å². The number of aliphatic hydroxyl groups excluding tert-OH is 1. The first kappa shape index (κ1) is 30.7. The summed E-state index contributed by atoms with van der Waals surface area (Å²) in [5.74, 6) is -1.53. The number of carbonyl (C=O) groups excluding carboxylic acids is 3. The number of halogens is 1. The van der Waals surface area contributed by atoms with Gasteiger partial charge in [0.2, 0.25) is 11.8 Å². The van der Waals surface area contributed by atoms with Crippen LogP contribution in [0.15, 0.2) is 66.8 Å². The zero-order valence-electron chi connectivity index (χ0n) is 25.4. The predicted octanol–water partition coefficient (Wildman–Crippen LogP) is 5.01. The maximum atomic E-state index is 14.8. The molecule has 6 rings (SSSR count). The number of aryl methyl sites for hydroxylation is 1. The number of nitrogens with zero attached hydrogens (tertiary/aromatic N) is 3. The molecular formula is C34H38ClN3O5S. The van der Waals surface area contributed by atoms with E-state index >= 15 is 0 Å². The third-order valence-corrected chi connectivity index (χ3v) is 11.6. The van der Waals surface area contributed by atoms with Crippen molar-refractivity contribution in [3.63, 3.8) is 0 Å². The second-order valence-electron chi connectivity index (χ2n) is 12.0. The topological polar surface area (TPSA) is 90.4 Å². The van der Waals surface area contributed by atoms with Crippen LogP contribution in [-0.2, 0) is 14.4 Å². The monoisotopic (exact) mass is 635 g/mol. The molecule has 0 radical (unpaired) electrons. The van der Waals surface area contributed by atoms with E-state index in [0.717, 1.165) is 5.56 Å². The largest absolute Gasteiger partial charge is 0.494 e. The molecule has 4 aliphatic heterocycles. The Labute approximate surface area is 267 Å². The van der Waals surface area contributed by atoms with Gasteiger partial charge >= 0.3 is 0 Å². The smallest absolute Gasteiger partial charge is 0.251 e. The van der Waals surface area contributed by atoms with Gasteiger partial charge in [0.1, 0.15) is 11.8 Å². The molecule has 0 aliphatic carbocycles. The lowest BCUT2D eigenvalue weighted by Gasteiger charge is -2.39. The average Bonchev–Trinajstić information content (AvgIpc) is 3.27. The van der Waals surface area contributed by atoms with E-state index in [9.17, 15) is 19.5 Å². The summed E-state index contributed by atoms with van der Waals surface area (Å²) in [5, 5.41) is 10.9. The molecule has 2 aromatic carbocycles. The number of ether oxygens (including phenoxy) is 1. The molecule has 2 fully saturated rings. The van der Waals surface area contributed by atoms with Gasteiger partial charge in [-0.15, -0.1) is 11.8 Å². The summed E-state index contributed by atoms with van der Waals surface area (Å²) in [6.45, 7) is 8.61. The van der Waals surface area contributed by atoms with Gasteiger partial charge in [-0.05, 0) is 63.1 Å². The zero-order valence-corrected chi connectivity index (χ0v) is 27.0. The van der Waals surface area contributed by atoms with E-state index in [0.29, 0.717) is 41.7 Å². The van der Waals surface area contributed by atoms with Crippen LogP contribution in [0, 0.1) is 18.8 Å². The van der Waals surface area contributed by atoms with Crippen molar-refractivity contribution in [2.24, 2.45) is 11.8 Å². The molecule has 4 aliphatic rings. The Hall–Kier alpha value is -3.27. The third kappa shape index (κ3) is 4.58. The van der Waals surface area contributed by atoms with E-state index in [1.807, 2.05) is 88.4 Å². The molecule has 232 valence electrons. The van der Waals surface area contributed by atoms with Crippen LogP contribution < -0.4 is 14.5 Å². The molecule has 1 spiro atoms. The number of amides is 3. The van der Waals surface area contributed by atoms with Gasteiger partial charge in [-0.25, -0.2) is 0 Å². The number of anilines is 2. The van der Waals surface area contributed by atoms with E-state index < -0.39 is 33.4 Å². The van der Waals surface area contributed by atoms with Crippen LogP contribution in [0.25, 0.3) is 0 Å². The summed E-state index contributed by atoms with van der Waals surface area (Å²) in [6.07, 6.45) is 8.41. The average molecular weight is 636 g/mol. The molecule has 6 atom stereocenters. The number of para-hydroxylation sites is 1. The Morgan fingerprint density at radius 2 is 1.68 bits per heavy atom. The first-order valence-electron chi connectivity index (χ1n) is 15.2. The minimum Gasteiger partial charge on any atom is -0.494 e. The van der Waals surface area contributed by atoms with E-state index in [-0.39, 0.29) is 30.9 Å². The summed E-state index contributed by atoms with van der Waals surface area (Å²) >= 11 is 8.19. The quantitative estimate of drug-likeness (QED) is 0.430. The molecule has 8 nitrogen and oxygen atoms in total. The van der Waals surface area contributed by atoms with Gasteiger partial charge in [-0.2, -0.15) is 0 Å². The molecule has 1 unspecified atom stereocenters. The Kier molecular flexibility index (Phi) is 8.09. The fraction of sp³-hybridized carbons (Fsp3) is 0.441. The summed E-state index contributed by atoms with van der Waals surface area (Å²) in [6, 6.07) is 11.4. The zero-order chi connectivity index (χ0) is 31.4. The normalized spacial score (nSPS) is 30.2. The summed E-state index contributed by atoms with van der Waals surface area (Å²) in [4.78, 5) is 49.1. The number of fused-ring (bicyclic) bond motifs is 2. The van der Waals surface area contributed by atoms with Gasteiger partial charge in [-0.3, -0.25) is 14.4 Å². The highest BCUT2D eigenvalue weighted by Crippen LogP contribution is 2.66. The van der Waals surface area contributed by atoms with Crippen molar-refractivity contribution in [3.05, 3.63) is 77.4 Å². The first-order chi connectivity index (χ1) is 21.1. The van der Waals surface area contributed by atoms with Gasteiger partial charge in [0.05, 0.1) is 46.5 Å². The number of carbonyl (C=O) groups is 3. The number of rotatable bonds is 7. The van der Waals surface area contributed by atoms with Crippen LogP contribution in [-0.4, -0.2) is 75.6 Å². The molecule has 3 amide bonds. The maximum Gasteiger partial charge on any atom is 0.251 e. The van der Waals surface area contributed by atoms with Crippen molar-refractivity contribution in [1.29, 1.82) is 0 Å². The molecule has 2 saturated heterocycles. The minimum absolute atomic E-state index is 0.161. The van der Waals surface area contributed by atoms with Crippen molar-refractivity contribution < 1.29 is 24.2 Å². The van der Waals surface area contributed by atoms with Crippen LogP contribution in [0.3, 0.4) is 0 Å². The lowest BCUT2D eigenvalue weighted by atomic mass is 9.74. The maximum absolute atomic E-state index is 14.8. The molecule has 0 saturated carbocycles. The standard InChI is InChI=1S/C34H38ClN3O5S/c1-5-22(20-39)38-29-32(42)37(28-21(3)10-7-11-25(28)35)19-9-17-34(29)27(31(38)41)26-30(40)36(18-8-16-33(26,4)44-34)23-12-14-24(15-13-23)43-6-2/h7-17,22,26-27,29,39H,5-6,18-20H2,1-4H3/t22-,26-,27-,29?,33+,34-/m0/s1. The second-order valence-corrected chi connectivity index (χ2v) is 14.2. The second kappa shape index (κ2) is 11.6. The van der Waals surface area contributed by atoms with E-state index in [2.05, 4.69) is 0 Å². The summed E-state index contributed by atoms with van der Waals surface area (Å²) < 4.78 is 3.83. The van der Waals surface area contributed by atoms with Gasteiger partial charge in [0.15, 0.2) is 0 Å². The molecule has 44 heavy (non-hydrogen) atoms. The molecule has 0 bridgehead atoms. The van der Waals surface area contributed by atoms with Crippen LogP contribution in [0.5, 0.6) is 5.75 Å². The Bertz CT molecular complexity index is 1520. The minimum atomic E-state index is -1.03. The predicted molar refractivity (Wildman–Crippen MR) is 174 cm³/mol. The number of likely N-dealkylation sites (tertiary alicyclic amines) is 1. The SMILES string of the molecule is CCOc1ccc(N2CC=C[C@@]3(C)S[C@]45C=CCN(c6c(C)cccc6Cl)C(=O)C4N([C@@H](CC)CO)C(=O)[C@@H]5[C@H]3C2=O)cc1. The van der Waals surface area contributed by atoms with Crippen molar-refractivity contribution >= 4 is 52.5 Å². The number of hydrogen-bond donors (Lipinski definition) is 1. The van der Waals surface area contributed by atoms with Gasteiger partial charge in [-0.1, -0.05) is 55.0 Å². The molecule has 10 heteroatoms. The van der Waals surface area contributed by atoms with Gasteiger partial charge in [0, 0.05) is 23.5 Å². The van der Waals surface area contributed by atoms with Crippen molar-refractivity contribution in [1.82, 2.24) is 4.90 Å². The summed E-state index contributed by atoms with van der Waals surface area (Å²) in [5.41, 5.74) is 2.17. The van der Waals surface area contributed by atoms with Crippen molar-refractivity contribution in [2.75, 3.05) is 36.1 Å². The van der Waals surface area contributed by atoms with E-state index in [1.54, 1.807) is 20.8 Å². The fourth-order valence-corrected chi connectivity index (χ4v) is 10.0. The van der Waals surface area contributed by atoms with Crippen LogP contribution in [0.2, 0.25) is 5.02 Å². The number of benzene rings is 2. The van der Waals surface area contributed by atoms with Crippen LogP contribution in [0.4, 0.5) is 11.4 Å². The third-order valence-electron chi connectivity index (χ3n) is 9.49. The number of aliphatic hydroxyl groups is 1. The molecule has 0 aromatic heterocycles. The molecular weight excluding hydrogens is 598 g/mol. The van der Waals surface area contributed by atoms with Crippen molar-refractivity contribution in [2.45, 2.75) is 55.7 Å². The summed E-state index contributed by atoms with van der Waals surface area (Å²) in [7, 11) is 0. The van der Waals surface area contributed by atoms with E-state index in [4.69, 9.17) is 16.3 Å². The highest BCUT2D eigenvalue weighted by atomic mass is 35.5. The fourth-order valence-electron chi connectivity index (χ4n) is 7.55. The molecule has 4 heterocycles. The lowest BCUT2D eigenvalue weighted by molar-refractivity contribution is -0.142. The van der Waals surface area contributed by atoms with Gasteiger partial charge in [0.25, 0.3) is 5.91 Å². The number of hydrogen-bond acceptors (Lipinski definition) is 6. The molecule has 1 N–H and O–H groups in total. The Balaban J connectivity index is 1.47. The van der Waals surface area contributed by atoms with E-state index in [1.165, 1.54) is 11.8 Å². The molecule has 2 aromatic rings. The Morgan fingerprint density at radius 3 is 2.34 bits per heavy atom. The lowest BCUT2D eigenvalue weighted by Crippen LogP contribution is -2.57. The number of thioether (sulfide) groups is 1. The Morgan fingerprint density at radius 1 is 0.977 bits per heavy atom. The first-order valence-corrected chi connectivity index (χ1v) is 16.4. The highest BCUT2D eigenvalue weighted by Gasteiger charge is 2.74.